The fourth-order valence-corrected chi connectivity index (χ4v) is 7.07. The number of piperazine rings is 1. The molecule has 320 valence electrons. The maximum Gasteiger partial charge on any atom is 0.417 e. The molecular weight excluding hydrogens is 774 g/mol. The summed E-state index contributed by atoms with van der Waals surface area (Å²) in [6.07, 6.45) is -1.21. The van der Waals surface area contributed by atoms with Gasteiger partial charge in [0.15, 0.2) is 0 Å². The number of nitrogen functional groups attached to an aromatic ring is 1. The van der Waals surface area contributed by atoms with Crippen molar-refractivity contribution in [1.82, 2.24) is 29.2 Å². The molecule has 1 saturated heterocycles. The van der Waals surface area contributed by atoms with E-state index in [1.807, 2.05) is 9.47 Å². The number of halogens is 3. The molecule has 1 fully saturated rings. The number of carbonyl (C=O) groups is 3. The van der Waals surface area contributed by atoms with Gasteiger partial charge in [0.25, 0.3) is 5.91 Å². The first-order valence-electron chi connectivity index (χ1n) is 20.3. The molecule has 2 aliphatic rings. The van der Waals surface area contributed by atoms with Crippen molar-refractivity contribution >= 4 is 29.5 Å². The number of rotatable bonds is 8. The van der Waals surface area contributed by atoms with Crippen LogP contribution in [-0.2, 0) is 42.1 Å². The number of carbonyl (C=O) groups excluding carboxylic acids is 3. The average Bonchev–Trinajstić information content (AvgIpc) is 3.51. The van der Waals surface area contributed by atoms with Crippen LogP contribution < -0.4 is 11.1 Å². The minimum Gasteiger partial charge on any atom is -0.443 e. The van der Waals surface area contributed by atoms with Crippen LogP contribution in [0.15, 0.2) is 54.7 Å². The fourth-order valence-electron chi connectivity index (χ4n) is 7.07. The first kappa shape index (κ1) is 45.4. The number of hydrogen-bond donors (Lipinski definition) is 2. The van der Waals surface area contributed by atoms with Crippen LogP contribution in [0.25, 0.3) is 11.4 Å². The molecule has 4 aromatic rings. The maximum absolute atomic E-state index is 14.2. The van der Waals surface area contributed by atoms with Crippen LogP contribution in [0.1, 0.15) is 98.3 Å². The Hall–Kier alpha value is -5.72. The average molecular weight is 829 g/mol. The van der Waals surface area contributed by atoms with Gasteiger partial charge < -0.3 is 25.3 Å². The van der Waals surface area contributed by atoms with Crippen molar-refractivity contribution in [3.05, 3.63) is 93.8 Å². The van der Waals surface area contributed by atoms with E-state index < -0.39 is 35.2 Å². The molecular formula is C45H55F3N8O4. The smallest absolute Gasteiger partial charge is 0.417 e. The first-order chi connectivity index (χ1) is 28.4. The lowest BCUT2D eigenvalue weighted by Crippen LogP contribution is -2.46. The second-order valence-corrected chi connectivity index (χ2v) is 16.0. The lowest BCUT2D eigenvalue weighted by atomic mass is 10.0. The quantitative estimate of drug-likeness (QED) is 0.173. The number of nitrogens with two attached hydrogens (primary N) is 1. The van der Waals surface area contributed by atoms with Crippen molar-refractivity contribution in [3.8, 4) is 23.2 Å². The molecule has 0 spiro atoms. The topological polar surface area (TPSA) is 139 Å². The summed E-state index contributed by atoms with van der Waals surface area (Å²) in [5.41, 5.74) is 8.30. The van der Waals surface area contributed by atoms with Crippen LogP contribution in [0, 0.1) is 11.8 Å². The molecule has 3 amide bonds. The highest BCUT2D eigenvalue weighted by Crippen LogP contribution is 2.35. The Bertz CT molecular complexity index is 2240. The van der Waals surface area contributed by atoms with E-state index in [4.69, 9.17) is 10.5 Å². The SMILES string of the molecule is CCC.CCCN1CCN(Cc2ccc(NC(=O)Cc3cccc(C#Cc4cnc(N)nc4-c4cc5c(n4C)CCN(C(=O)OC(C)(C)C)C5=O)c3)cc2C(F)(F)F)CC1. The van der Waals surface area contributed by atoms with Crippen molar-refractivity contribution in [2.45, 2.75) is 85.5 Å². The third kappa shape index (κ3) is 11.7. The molecule has 15 heteroatoms. The molecule has 2 aliphatic heterocycles. The van der Waals surface area contributed by atoms with Gasteiger partial charge in [-0.05, 0) is 75.2 Å². The molecule has 0 aliphatic carbocycles. The number of anilines is 2. The Morgan fingerprint density at radius 2 is 1.65 bits per heavy atom. The number of benzene rings is 2. The van der Waals surface area contributed by atoms with Crippen LogP contribution >= 0.6 is 0 Å². The monoisotopic (exact) mass is 828 g/mol. The molecule has 6 rings (SSSR count). The van der Waals surface area contributed by atoms with Gasteiger partial charge in [0.05, 0.1) is 28.8 Å². The first-order valence-corrected chi connectivity index (χ1v) is 20.3. The van der Waals surface area contributed by atoms with Gasteiger partial charge in [0.2, 0.25) is 11.9 Å². The highest BCUT2D eigenvalue weighted by atomic mass is 19.4. The van der Waals surface area contributed by atoms with Gasteiger partial charge in [0.1, 0.15) is 11.3 Å². The summed E-state index contributed by atoms with van der Waals surface area (Å²) in [5, 5.41) is 2.63. The molecule has 0 bridgehead atoms. The van der Waals surface area contributed by atoms with Crippen molar-refractivity contribution in [2.75, 3.05) is 50.3 Å². The van der Waals surface area contributed by atoms with Gasteiger partial charge in [-0.3, -0.25) is 14.5 Å². The number of imide groups is 1. The molecule has 4 heterocycles. The number of alkyl halides is 3. The van der Waals surface area contributed by atoms with Gasteiger partial charge in [-0.15, -0.1) is 0 Å². The van der Waals surface area contributed by atoms with E-state index in [9.17, 15) is 27.6 Å². The second kappa shape index (κ2) is 19.6. The lowest BCUT2D eigenvalue weighted by Gasteiger charge is -2.35. The number of aromatic nitrogens is 3. The summed E-state index contributed by atoms with van der Waals surface area (Å²) >= 11 is 0. The largest absolute Gasteiger partial charge is 0.443 e. The van der Waals surface area contributed by atoms with Crippen molar-refractivity contribution in [3.63, 3.8) is 0 Å². The Kier molecular flexibility index (Phi) is 14.8. The molecule has 0 unspecified atom stereocenters. The summed E-state index contributed by atoms with van der Waals surface area (Å²) in [6.45, 7) is 15.9. The highest BCUT2D eigenvalue weighted by Gasteiger charge is 2.36. The van der Waals surface area contributed by atoms with Crippen molar-refractivity contribution in [1.29, 1.82) is 0 Å². The molecule has 2 aromatic carbocycles. The Morgan fingerprint density at radius 1 is 0.950 bits per heavy atom. The number of fused-ring (bicyclic) bond motifs is 1. The minimum absolute atomic E-state index is 0.00213. The van der Waals surface area contributed by atoms with Crippen LogP contribution in [0.3, 0.4) is 0 Å². The van der Waals surface area contributed by atoms with E-state index in [1.54, 1.807) is 58.2 Å². The Balaban J connectivity index is 0.00000221. The number of nitrogens with one attached hydrogen (secondary N) is 1. The molecule has 0 atom stereocenters. The van der Waals surface area contributed by atoms with Gasteiger partial charge in [-0.2, -0.15) is 13.2 Å². The normalized spacial score (nSPS) is 14.7. The summed E-state index contributed by atoms with van der Waals surface area (Å²) < 4.78 is 49.8. The predicted molar refractivity (Wildman–Crippen MR) is 226 cm³/mol. The zero-order valence-corrected chi connectivity index (χ0v) is 35.5. The third-order valence-electron chi connectivity index (χ3n) is 9.80. The van der Waals surface area contributed by atoms with E-state index in [-0.39, 0.29) is 36.7 Å². The number of hydrogen-bond acceptors (Lipinski definition) is 9. The zero-order chi connectivity index (χ0) is 43.8. The third-order valence-corrected chi connectivity index (χ3v) is 9.80. The zero-order valence-electron chi connectivity index (χ0n) is 35.5. The van der Waals surface area contributed by atoms with E-state index in [1.165, 1.54) is 24.8 Å². The standard InChI is InChI=1S/C42H47F3N8O4.C3H8/c1-6-15-51-17-19-52(20-18-51)26-30-12-13-31(23-33(30)42(43,44)45)48-36(54)22-28-9-7-8-27(21-28)10-11-29-25-47-39(46)49-37(29)35-24-32-34(50(35)5)14-16-53(38(32)55)40(56)57-41(2,3)4;1-3-2/h7-9,12-13,21,23-25H,6,14-20,22,26H2,1-5H3,(H,48,54)(H2,46,47,49);3H2,1-2H3. The highest BCUT2D eigenvalue weighted by molar-refractivity contribution is 6.05. The van der Waals surface area contributed by atoms with Crippen LogP contribution in [0.4, 0.5) is 29.6 Å². The molecule has 2 aromatic heterocycles. The van der Waals surface area contributed by atoms with Gasteiger partial charge >= 0.3 is 12.3 Å². The van der Waals surface area contributed by atoms with Crippen LogP contribution in [0.2, 0.25) is 0 Å². The van der Waals surface area contributed by atoms with E-state index in [0.717, 1.165) is 42.7 Å². The Labute approximate surface area is 350 Å². The van der Waals surface area contributed by atoms with Crippen LogP contribution in [0.5, 0.6) is 0 Å². The van der Waals surface area contributed by atoms with Gasteiger partial charge in [-0.25, -0.2) is 19.7 Å². The Morgan fingerprint density at radius 3 is 2.32 bits per heavy atom. The van der Waals surface area contributed by atoms with Gasteiger partial charge in [0, 0.05) is 75.9 Å². The molecule has 60 heavy (non-hydrogen) atoms. The fraction of sp³-hybridized carbons (Fsp3) is 0.444. The lowest BCUT2D eigenvalue weighted by molar-refractivity contribution is -0.138. The van der Waals surface area contributed by atoms with E-state index >= 15 is 0 Å². The van der Waals surface area contributed by atoms with Crippen molar-refractivity contribution in [2.24, 2.45) is 7.05 Å². The second-order valence-electron chi connectivity index (χ2n) is 16.0. The summed E-state index contributed by atoms with van der Waals surface area (Å²) in [6, 6.07) is 12.6. The van der Waals surface area contributed by atoms with Crippen molar-refractivity contribution < 1.29 is 32.3 Å². The molecule has 0 radical (unpaired) electrons. The van der Waals surface area contributed by atoms with Crippen LogP contribution in [-0.4, -0.2) is 92.0 Å². The minimum atomic E-state index is -4.58. The summed E-state index contributed by atoms with van der Waals surface area (Å²) in [4.78, 5) is 53.3. The maximum atomic E-state index is 14.2. The number of ether oxygens (including phenoxy) is 1. The van der Waals surface area contributed by atoms with Gasteiger partial charge in [-0.1, -0.05) is 57.2 Å². The predicted octanol–water partition coefficient (Wildman–Crippen LogP) is 7.54. The molecule has 0 saturated carbocycles. The number of nitrogens with zero attached hydrogens (tertiary/aromatic N) is 6. The number of amides is 3. The van der Waals surface area contributed by atoms with E-state index in [0.29, 0.717) is 53.2 Å². The summed E-state index contributed by atoms with van der Waals surface area (Å²) in [7, 11) is 1.79. The molecule has 12 nitrogen and oxygen atoms in total. The summed E-state index contributed by atoms with van der Waals surface area (Å²) in [5.74, 6) is 5.21. The molecule has 3 N–H and O–H groups in total. The van der Waals surface area contributed by atoms with E-state index in [2.05, 4.69) is 52.8 Å².